The van der Waals surface area contributed by atoms with Crippen LogP contribution in [0.4, 0.5) is 5.95 Å². The first-order valence-electron chi connectivity index (χ1n) is 7.89. The van der Waals surface area contributed by atoms with Crippen molar-refractivity contribution in [3.8, 4) is 11.8 Å². The largest absolute Gasteiger partial charge is 0.491 e. The van der Waals surface area contributed by atoms with Crippen LogP contribution in [0.1, 0.15) is 19.5 Å². The van der Waals surface area contributed by atoms with Gasteiger partial charge in [0.05, 0.1) is 12.1 Å². The van der Waals surface area contributed by atoms with Crippen molar-refractivity contribution >= 4 is 5.95 Å². The number of anilines is 1. The number of morpholine rings is 1. The van der Waals surface area contributed by atoms with E-state index in [1.165, 1.54) is 0 Å². The molecule has 124 valence electrons. The maximum absolute atomic E-state index is 9.02. The number of nitrogens with zero attached hydrogens (tertiary/aromatic N) is 4. The van der Waals surface area contributed by atoms with Crippen molar-refractivity contribution in [2.45, 2.75) is 25.6 Å². The predicted molar refractivity (Wildman–Crippen MR) is 89.8 cm³/mol. The number of hydrogen-bond acceptors (Lipinski definition) is 6. The SMILES string of the molecule is CC1(C)CN(c2nccc(C#N)n2)C[C@H](COc2ccccc2)O1. The number of rotatable bonds is 4. The van der Waals surface area contributed by atoms with Gasteiger partial charge in [0.2, 0.25) is 5.95 Å². The van der Waals surface area contributed by atoms with Crippen LogP contribution >= 0.6 is 0 Å². The number of para-hydroxylation sites is 1. The second-order valence-electron chi connectivity index (χ2n) is 6.36. The molecule has 6 heteroatoms. The molecule has 1 atom stereocenters. The lowest BCUT2D eigenvalue weighted by atomic mass is 10.1. The van der Waals surface area contributed by atoms with Gasteiger partial charge in [-0.3, -0.25) is 0 Å². The molecule has 3 rings (SSSR count). The fraction of sp³-hybridized carbons (Fsp3) is 0.389. The molecule has 1 saturated heterocycles. The van der Waals surface area contributed by atoms with Crippen molar-refractivity contribution in [2.24, 2.45) is 0 Å². The zero-order chi connectivity index (χ0) is 17.0. The summed E-state index contributed by atoms with van der Waals surface area (Å²) in [5.74, 6) is 1.37. The van der Waals surface area contributed by atoms with Gasteiger partial charge in [-0.1, -0.05) is 18.2 Å². The maximum Gasteiger partial charge on any atom is 0.226 e. The van der Waals surface area contributed by atoms with E-state index in [2.05, 4.69) is 16.0 Å². The van der Waals surface area contributed by atoms with Crippen LogP contribution in [0.2, 0.25) is 0 Å². The molecule has 2 heterocycles. The topological polar surface area (TPSA) is 71.3 Å². The van der Waals surface area contributed by atoms with Gasteiger partial charge >= 0.3 is 0 Å². The number of hydrogen-bond donors (Lipinski definition) is 0. The van der Waals surface area contributed by atoms with E-state index >= 15 is 0 Å². The molecule has 1 aromatic heterocycles. The minimum Gasteiger partial charge on any atom is -0.491 e. The van der Waals surface area contributed by atoms with Crippen LogP contribution in [-0.2, 0) is 4.74 Å². The van der Waals surface area contributed by atoms with Gasteiger partial charge in [-0.05, 0) is 32.0 Å². The highest BCUT2D eigenvalue weighted by Crippen LogP contribution is 2.24. The van der Waals surface area contributed by atoms with Gasteiger partial charge in [0, 0.05) is 12.7 Å². The van der Waals surface area contributed by atoms with E-state index < -0.39 is 0 Å². The lowest BCUT2D eigenvalue weighted by molar-refractivity contribution is -0.0973. The number of benzene rings is 1. The highest BCUT2D eigenvalue weighted by molar-refractivity contribution is 5.35. The summed E-state index contributed by atoms with van der Waals surface area (Å²) in [6.07, 6.45) is 1.50. The third kappa shape index (κ3) is 4.00. The molecule has 1 aromatic carbocycles. The normalized spacial score (nSPS) is 19.5. The molecular weight excluding hydrogens is 304 g/mol. The van der Waals surface area contributed by atoms with E-state index in [0.717, 1.165) is 5.75 Å². The second kappa shape index (κ2) is 6.85. The molecule has 0 saturated carbocycles. The maximum atomic E-state index is 9.02. The fourth-order valence-corrected chi connectivity index (χ4v) is 2.80. The van der Waals surface area contributed by atoms with Crippen LogP contribution in [0.15, 0.2) is 42.6 Å². The molecule has 0 spiro atoms. The van der Waals surface area contributed by atoms with Gasteiger partial charge in [0.1, 0.15) is 30.2 Å². The van der Waals surface area contributed by atoms with Gasteiger partial charge in [-0.25, -0.2) is 9.97 Å². The minimum absolute atomic E-state index is 0.108. The van der Waals surface area contributed by atoms with Crippen LogP contribution in [0, 0.1) is 11.3 Å². The molecule has 0 bridgehead atoms. The van der Waals surface area contributed by atoms with Crippen molar-refractivity contribution < 1.29 is 9.47 Å². The Morgan fingerprint density at radius 1 is 1.33 bits per heavy atom. The molecular formula is C18H20N4O2. The Labute approximate surface area is 141 Å². The molecule has 0 unspecified atom stereocenters. The summed E-state index contributed by atoms with van der Waals surface area (Å²) in [6.45, 7) is 5.78. The summed E-state index contributed by atoms with van der Waals surface area (Å²) >= 11 is 0. The molecule has 1 aliphatic rings. The summed E-state index contributed by atoms with van der Waals surface area (Å²) < 4.78 is 11.9. The van der Waals surface area contributed by atoms with Crippen LogP contribution in [0.5, 0.6) is 5.75 Å². The molecule has 0 N–H and O–H groups in total. The number of aromatic nitrogens is 2. The van der Waals surface area contributed by atoms with Crippen molar-refractivity contribution in [1.82, 2.24) is 9.97 Å². The second-order valence-corrected chi connectivity index (χ2v) is 6.36. The highest BCUT2D eigenvalue weighted by atomic mass is 16.5. The molecule has 1 aliphatic heterocycles. The van der Waals surface area contributed by atoms with E-state index in [4.69, 9.17) is 14.7 Å². The quantitative estimate of drug-likeness (QED) is 0.860. The zero-order valence-electron chi connectivity index (χ0n) is 13.8. The van der Waals surface area contributed by atoms with E-state index in [1.54, 1.807) is 12.3 Å². The third-order valence-corrected chi connectivity index (χ3v) is 3.70. The molecule has 6 nitrogen and oxygen atoms in total. The van der Waals surface area contributed by atoms with Crippen LogP contribution in [-0.4, -0.2) is 41.4 Å². The molecule has 0 radical (unpaired) electrons. The van der Waals surface area contributed by atoms with Crippen LogP contribution in [0.25, 0.3) is 0 Å². The lowest BCUT2D eigenvalue weighted by Gasteiger charge is -2.42. The summed E-state index contributed by atoms with van der Waals surface area (Å²) in [6, 6.07) is 13.3. The van der Waals surface area contributed by atoms with Crippen molar-refractivity contribution in [2.75, 3.05) is 24.6 Å². The molecule has 24 heavy (non-hydrogen) atoms. The standard InChI is InChI=1S/C18H20N4O2/c1-18(2)13-22(17-20-9-8-14(10-19)21-17)11-16(24-18)12-23-15-6-4-3-5-7-15/h3-9,16H,11-13H2,1-2H3/t16-/m1/s1. The highest BCUT2D eigenvalue weighted by Gasteiger charge is 2.35. The minimum atomic E-state index is -0.352. The number of nitriles is 1. The molecule has 0 aliphatic carbocycles. The Balaban J connectivity index is 1.71. The molecule has 2 aromatic rings. The Bertz CT molecular complexity index is 727. The van der Waals surface area contributed by atoms with Gasteiger partial charge in [0.25, 0.3) is 0 Å². The summed E-state index contributed by atoms with van der Waals surface area (Å²) in [4.78, 5) is 10.6. The smallest absolute Gasteiger partial charge is 0.226 e. The van der Waals surface area contributed by atoms with Gasteiger partial charge in [-0.2, -0.15) is 5.26 Å². The molecule has 0 amide bonds. The lowest BCUT2D eigenvalue weighted by Crippen LogP contribution is -2.55. The first-order valence-corrected chi connectivity index (χ1v) is 7.89. The zero-order valence-corrected chi connectivity index (χ0v) is 13.8. The van der Waals surface area contributed by atoms with Crippen molar-refractivity contribution in [1.29, 1.82) is 5.26 Å². The van der Waals surface area contributed by atoms with Gasteiger partial charge < -0.3 is 14.4 Å². The van der Waals surface area contributed by atoms with E-state index in [0.29, 0.717) is 31.3 Å². The fourth-order valence-electron chi connectivity index (χ4n) is 2.80. The summed E-state index contributed by atoms with van der Waals surface area (Å²) in [7, 11) is 0. The predicted octanol–water partition coefficient (Wildman–Crippen LogP) is 2.41. The first-order chi connectivity index (χ1) is 11.6. The van der Waals surface area contributed by atoms with Crippen molar-refractivity contribution in [3.63, 3.8) is 0 Å². The third-order valence-electron chi connectivity index (χ3n) is 3.70. The van der Waals surface area contributed by atoms with Crippen molar-refractivity contribution in [3.05, 3.63) is 48.3 Å². The molecule has 1 fully saturated rings. The van der Waals surface area contributed by atoms with Gasteiger partial charge in [0.15, 0.2) is 0 Å². The Hall–Kier alpha value is -2.65. The van der Waals surface area contributed by atoms with E-state index in [1.807, 2.05) is 49.1 Å². The monoisotopic (exact) mass is 324 g/mol. The van der Waals surface area contributed by atoms with Crippen LogP contribution in [0.3, 0.4) is 0 Å². The van der Waals surface area contributed by atoms with Crippen LogP contribution < -0.4 is 9.64 Å². The van der Waals surface area contributed by atoms with Gasteiger partial charge in [-0.15, -0.1) is 0 Å². The summed E-state index contributed by atoms with van der Waals surface area (Å²) in [5, 5.41) is 9.02. The van der Waals surface area contributed by atoms with E-state index in [-0.39, 0.29) is 11.7 Å². The Morgan fingerprint density at radius 2 is 2.12 bits per heavy atom. The Morgan fingerprint density at radius 3 is 2.88 bits per heavy atom. The summed E-state index contributed by atoms with van der Waals surface area (Å²) in [5.41, 5.74) is 0.0102. The van der Waals surface area contributed by atoms with E-state index in [9.17, 15) is 0 Å². The average Bonchev–Trinajstić information content (AvgIpc) is 2.59. The Kier molecular flexibility index (Phi) is 4.63. The number of ether oxygens (including phenoxy) is 2. The average molecular weight is 324 g/mol. The first kappa shape index (κ1) is 16.2.